The van der Waals surface area contributed by atoms with Crippen molar-refractivity contribution in [3.05, 3.63) is 119 Å². The third-order valence-electron chi connectivity index (χ3n) is 7.34. The molecule has 1 atom stereocenters. The van der Waals surface area contributed by atoms with E-state index >= 15 is 0 Å². The molecule has 0 aromatic heterocycles. The number of ether oxygens (including phenoxy) is 1. The highest BCUT2D eigenvalue weighted by Gasteiger charge is 2.19. The predicted molar refractivity (Wildman–Crippen MR) is 178 cm³/mol. The molecule has 0 aliphatic rings. The van der Waals surface area contributed by atoms with Gasteiger partial charge in [-0.3, -0.25) is 0 Å². The van der Waals surface area contributed by atoms with E-state index in [0.29, 0.717) is 19.6 Å². The summed E-state index contributed by atoms with van der Waals surface area (Å²) in [4.78, 5) is 27.5. The average Bonchev–Trinajstić information content (AvgIpc) is 3.00. The Morgan fingerprint density at radius 2 is 1.41 bits per heavy atom. The molecule has 232 valence electrons. The largest absolute Gasteiger partial charge is 0.444 e. The smallest absolute Gasteiger partial charge is 0.407 e. The van der Waals surface area contributed by atoms with Crippen molar-refractivity contribution in [3.8, 4) is 0 Å². The summed E-state index contributed by atoms with van der Waals surface area (Å²) < 4.78 is 5.33. The minimum Gasteiger partial charge on any atom is -0.444 e. The Bertz CT molecular complexity index is 1480. The van der Waals surface area contributed by atoms with E-state index in [1.54, 1.807) is 0 Å². The van der Waals surface area contributed by atoms with E-state index in [4.69, 9.17) is 4.74 Å². The van der Waals surface area contributed by atoms with Crippen LogP contribution in [-0.2, 0) is 24.4 Å². The molecular formula is C37H46N4O3. The van der Waals surface area contributed by atoms with Crippen LogP contribution >= 0.6 is 0 Å². The summed E-state index contributed by atoms with van der Waals surface area (Å²) in [6.45, 7) is 10.7. The zero-order chi connectivity index (χ0) is 31.4. The van der Waals surface area contributed by atoms with Crippen LogP contribution in [0.2, 0.25) is 0 Å². The number of carbonyl (C=O) groups is 2. The van der Waals surface area contributed by atoms with Crippen molar-refractivity contribution in [2.24, 2.45) is 0 Å². The Morgan fingerprint density at radius 3 is 2.14 bits per heavy atom. The molecule has 1 unspecified atom stereocenters. The Balaban J connectivity index is 1.36. The van der Waals surface area contributed by atoms with Crippen LogP contribution < -0.4 is 16.0 Å². The van der Waals surface area contributed by atoms with Gasteiger partial charge in [-0.15, -0.1) is 0 Å². The fraction of sp³-hybridized carbons (Fsp3) is 0.351. The van der Waals surface area contributed by atoms with Crippen LogP contribution in [0.15, 0.2) is 97.1 Å². The number of amides is 3. The Hall–Kier alpha value is -4.36. The van der Waals surface area contributed by atoms with Gasteiger partial charge in [-0.05, 0) is 73.6 Å². The number of hydrogen-bond donors (Lipinski definition) is 3. The fourth-order valence-corrected chi connectivity index (χ4v) is 5.10. The number of nitrogens with one attached hydrogen (secondary N) is 3. The number of alkyl carbamates (subject to hydrolysis) is 1. The second-order valence-corrected chi connectivity index (χ2v) is 12.2. The van der Waals surface area contributed by atoms with Crippen LogP contribution in [0.5, 0.6) is 0 Å². The van der Waals surface area contributed by atoms with Crippen molar-refractivity contribution in [1.82, 2.24) is 20.9 Å². The lowest BCUT2D eigenvalue weighted by atomic mass is 10.00. The maximum atomic E-state index is 13.7. The molecule has 7 heteroatoms. The van der Waals surface area contributed by atoms with Crippen molar-refractivity contribution in [2.45, 2.75) is 71.8 Å². The standard InChI is InChI=1S/C37H46N4O3/c1-28(33-18-12-16-32-15-8-9-17-34(32)33)40-35(42)41(24-11-10-23-39-36(43)44-37(2,3)4)27-31-21-19-30(20-22-31)26-38-25-29-13-6-5-7-14-29/h5-9,12-22,28,38H,10-11,23-27H2,1-4H3,(H,39,43)(H,40,42). The third kappa shape index (κ3) is 10.4. The van der Waals surface area contributed by atoms with Crippen LogP contribution in [0, 0.1) is 0 Å². The second-order valence-electron chi connectivity index (χ2n) is 12.2. The number of carbonyl (C=O) groups excluding carboxylic acids is 2. The minimum absolute atomic E-state index is 0.112. The summed E-state index contributed by atoms with van der Waals surface area (Å²) in [7, 11) is 0. The van der Waals surface area contributed by atoms with Gasteiger partial charge in [0.1, 0.15) is 5.60 Å². The first kappa shape index (κ1) is 32.6. The minimum atomic E-state index is -0.534. The lowest BCUT2D eigenvalue weighted by molar-refractivity contribution is 0.0526. The number of rotatable bonds is 13. The molecule has 3 N–H and O–H groups in total. The van der Waals surface area contributed by atoms with Gasteiger partial charge in [-0.25, -0.2) is 9.59 Å². The highest BCUT2D eigenvalue weighted by molar-refractivity contribution is 5.86. The quantitative estimate of drug-likeness (QED) is 0.139. The molecule has 4 aromatic carbocycles. The first-order valence-electron chi connectivity index (χ1n) is 15.5. The topological polar surface area (TPSA) is 82.7 Å². The number of unbranched alkanes of at least 4 members (excludes halogenated alkanes) is 1. The van der Waals surface area contributed by atoms with E-state index in [-0.39, 0.29) is 12.1 Å². The van der Waals surface area contributed by atoms with Gasteiger partial charge in [-0.2, -0.15) is 0 Å². The number of hydrogen-bond acceptors (Lipinski definition) is 4. The number of urea groups is 1. The normalized spacial score (nSPS) is 12.0. The highest BCUT2D eigenvalue weighted by Crippen LogP contribution is 2.24. The summed E-state index contributed by atoms with van der Waals surface area (Å²) in [5.74, 6) is 0. The lowest BCUT2D eigenvalue weighted by Gasteiger charge is -2.26. The molecule has 0 spiro atoms. The van der Waals surface area contributed by atoms with Crippen molar-refractivity contribution in [2.75, 3.05) is 13.1 Å². The van der Waals surface area contributed by atoms with Crippen LogP contribution in [0.25, 0.3) is 10.8 Å². The molecule has 0 saturated carbocycles. The third-order valence-corrected chi connectivity index (χ3v) is 7.34. The van der Waals surface area contributed by atoms with Gasteiger partial charge in [0.15, 0.2) is 0 Å². The van der Waals surface area contributed by atoms with E-state index in [1.165, 1.54) is 11.1 Å². The van der Waals surface area contributed by atoms with Crippen LogP contribution in [0.1, 0.15) is 68.8 Å². The maximum absolute atomic E-state index is 13.7. The highest BCUT2D eigenvalue weighted by atomic mass is 16.6. The SMILES string of the molecule is CC(NC(=O)N(CCCCNC(=O)OC(C)(C)C)Cc1ccc(CNCc2ccccc2)cc1)c1cccc2ccccc12. The van der Waals surface area contributed by atoms with Gasteiger partial charge in [-0.1, -0.05) is 97.1 Å². The molecule has 4 rings (SSSR count). The molecular weight excluding hydrogens is 548 g/mol. The van der Waals surface area contributed by atoms with Gasteiger partial charge in [0.05, 0.1) is 6.04 Å². The number of nitrogens with zero attached hydrogens (tertiary/aromatic N) is 1. The monoisotopic (exact) mass is 594 g/mol. The van der Waals surface area contributed by atoms with E-state index in [1.807, 2.05) is 69.0 Å². The van der Waals surface area contributed by atoms with E-state index in [2.05, 4.69) is 76.6 Å². The van der Waals surface area contributed by atoms with Crippen LogP contribution in [0.4, 0.5) is 9.59 Å². The molecule has 0 heterocycles. The van der Waals surface area contributed by atoms with E-state index in [9.17, 15) is 9.59 Å². The van der Waals surface area contributed by atoms with Crippen LogP contribution in [-0.4, -0.2) is 35.7 Å². The summed E-state index contributed by atoms with van der Waals surface area (Å²) in [6.07, 6.45) is 1.05. The number of fused-ring (bicyclic) bond motifs is 1. The summed E-state index contributed by atoms with van der Waals surface area (Å²) in [6, 6.07) is 32.9. The molecule has 0 fully saturated rings. The van der Waals surface area contributed by atoms with Crippen molar-refractivity contribution < 1.29 is 14.3 Å². The number of benzene rings is 4. The van der Waals surface area contributed by atoms with Crippen molar-refractivity contribution in [1.29, 1.82) is 0 Å². The van der Waals surface area contributed by atoms with Gasteiger partial charge in [0.25, 0.3) is 0 Å². The van der Waals surface area contributed by atoms with E-state index in [0.717, 1.165) is 47.8 Å². The Morgan fingerprint density at radius 1 is 0.773 bits per heavy atom. The molecule has 0 radical (unpaired) electrons. The molecule has 3 amide bonds. The van der Waals surface area contributed by atoms with Gasteiger partial charge in [0.2, 0.25) is 0 Å². The zero-order valence-corrected chi connectivity index (χ0v) is 26.4. The summed E-state index contributed by atoms with van der Waals surface area (Å²) >= 11 is 0. The lowest BCUT2D eigenvalue weighted by Crippen LogP contribution is -2.41. The Labute approximate surface area is 262 Å². The molecule has 4 aromatic rings. The van der Waals surface area contributed by atoms with E-state index < -0.39 is 11.7 Å². The average molecular weight is 595 g/mol. The first-order valence-corrected chi connectivity index (χ1v) is 15.5. The molecule has 0 saturated heterocycles. The summed E-state index contributed by atoms with van der Waals surface area (Å²) in [5, 5.41) is 11.8. The predicted octanol–water partition coefficient (Wildman–Crippen LogP) is 7.71. The molecule has 0 aliphatic heterocycles. The van der Waals surface area contributed by atoms with Crippen LogP contribution in [0.3, 0.4) is 0 Å². The van der Waals surface area contributed by atoms with Gasteiger partial charge in [0, 0.05) is 32.7 Å². The van der Waals surface area contributed by atoms with Crippen molar-refractivity contribution in [3.63, 3.8) is 0 Å². The second kappa shape index (κ2) is 15.9. The first-order chi connectivity index (χ1) is 21.2. The fourth-order valence-electron chi connectivity index (χ4n) is 5.10. The Kier molecular flexibility index (Phi) is 11.8. The molecule has 0 aliphatic carbocycles. The maximum Gasteiger partial charge on any atom is 0.407 e. The van der Waals surface area contributed by atoms with Gasteiger partial charge < -0.3 is 25.6 Å². The molecule has 44 heavy (non-hydrogen) atoms. The zero-order valence-electron chi connectivity index (χ0n) is 26.4. The van der Waals surface area contributed by atoms with Gasteiger partial charge >= 0.3 is 12.1 Å². The molecule has 7 nitrogen and oxygen atoms in total. The van der Waals surface area contributed by atoms with Crippen molar-refractivity contribution >= 4 is 22.9 Å². The molecule has 0 bridgehead atoms. The summed E-state index contributed by atoms with van der Waals surface area (Å²) in [5.41, 5.74) is 4.07.